The van der Waals surface area contributed by atoms with Gasteiger partial charge in [0.1, 0.15) is 5.82 Å². The third-order valence-corrected chi connectivity index (χ3v) is 3.05. The Kier molecular flexibility index (Phi) is 8.56. The summed E-state index contributed by atoms with van der Waals surface area (Å²) in [6.07, 6.45) is 0.796. The van der Waals surface area contributed by atoms with E-state index in [1.54, 1.807) is 12.1 Å². The number of rotatable bonds is 3. The topological polar surface area (TPSA) is 18.8 Å². The first kappa shape index (κ1) is 18.6. The maximum Gasteiger partial charge on any atom is 0.195 e. The lowest BCUT2D eigenvalue weighted by Gasteiger charge is -2.22. The van der Waals surface area contributed by atoms with Gasteiger partial charge in [0, 0.05) is 34.7 Å². The minimum absolute atomic E-state index is 0. The van der Waals surface area contributed by atoms with E-state index in [-0.39, 0.29) is 29.8 Å². The van der Waals surface area contributed by atoms with Crippen molar-refractivity contribution in [1.29, 1.82) is 0 Å². The molecule has 0 radical (unpaired) electrons. The Morgan fingerprint density at radius 2 is 1.79 bits per heavy atom. The Morgan fingerprint density at radius 3 is 2.26 bits per heavy atom. The number of hydrogen-bond acceptors (Lipinski definition) is 1. The summed E-state index contributed by atoms with van der Waals surface area (Å²) in [4.78, 5) is 8.48. The van der Waals surface area contributed by atoms with Gasteiger partial charge in [0.2, 0.25) is 0 Å². The van der Waals surface area contributed by atoms with Gasteiger partial charge in [0.15, 0.2) is 5.96 Å². The van der Waals surface area contributed by atoms with Gasteiger partial charge in [-0.3, -0.25) is 4.99 Å². The maximum absolute atomic E-state index is 13.1. The first-order chi connectivity index (χ1) is 8.41. The summed E-state index contributed by atoms with van der Waals surface area (Å²) in [7, 11) is 7.86. The highest BCUT2D eigenvalue weighted by atomic mass is 127. The second-order valence-electron chi connectivity index (χ2n) is 4.47. The van der Waals surface area contributed by atoms with E-state index in [1.165, 1.54) is 6.07 Å². The van der Waals surface area contributed by atoms with Crippen LogP contribution in [0, 0.1) is 5.82 Å². The van der Waals surface area contributed by atoms with Crippen molar-refractivity contribution in [1.82, 2.24) is 9.80 Å². The van der Waals surface area contributed by atoms with Crippen LogP contribution in [0.3, 0.4) is 0 Å². The molecule has 0 aromatic heterocycles. The van der Waals surface area contributed by atoms with Crippen molar-refractivity contribution < 1.29 is 4.39 Å². The van der Waals surface area contributed by atoms with Gasteiger partial charge in [0.05, 0.1) is 4.47 Å². The van der Waals surface area contributed by atoms with Gasteiger partial charge in [-0.15, -0.1) is 24.0 Å². The van der Waals surface area contributed by atoms with Gasteiger partial charge < -0.3 is 9.80 Å². The summed E-state index contributed by atoms with van der Waals surface area (Å²) in [5.74, 6) is 0.695. The molecule has 0 unspecified atom stereocenters. The highest BCUT2D eigenvalue weighted by Crippen LogP contribution is 2.17. The molecular weight excluding hydrogens is 424 g/mol. The Hall–Kier alpha value is -0.370. The van der Waals surface area contributed by atoms with E-state index >= 15 is 0 Å². The average molecular weight is 444 g/mol. The molecule has 0 spiro atoms. The number of benzene rings is 1. The van der Waals surface area contributed by atoms with E-state index in [1.807, 2.05) is 38.0 Å². The molecule has 6 heteroatoms. The minimum atomic E-state index is -0.232. The van der Waals surface area contributed by atoms with E-state index in [9.17, 15) is 4.39 Å². The van der Waals surface area contributed by atoms with Crippen LogP contribution in [-0.4, -0.2) is 50.5 Å². The van der Waals surface area contributed by atoms with Crippen molar-refractivity contribution >= 4 is 45.9 Å². The van der Waals surface area contributed by atoms with Crippen molar-refractivity contribution in [3.63, 3.8) is 0 Å². The lowest BCUT2D eigenvalue weighted by Crippen LogP contribution is -2.35. The van der Waals surface area contributed by atoms with E-state index in [0.717, 1.165) is 17.9 Å². The van der Waals surface area contributed by atoms with Crippen LogP contribution < -0.4 is 0 Å². The molecule has 0 saturated carbocycles. The molecule has 0 bridgehead atoms. The lowest BCUT2D eigenvalue weighted by atomic mass is 10.1. The summed E-state index contributed by atoms with van der Waals surface area (Å²) < 4.78 is 13.6. The van der Waals surface area contributed by atoms with Crippen LogP contribution in [0.4, 0.5) is 4.39 Å². The van der Waals surface area contributed by atoms with Crippen molar-refractivity contribution in [2.24, 2.45) is 4.99 Å². The predicted octanol–water partition coefficient (Wildman–Crippen LogP) is 3.23. The van der Waals surface area contributed by atoms with E-state index in [0.29, 0.717) is 11.0 Å². The molecule has 0 fully saturated rings. The number of halogens is 3. The Morgan fingerprint density at radius 1 is 1.21 bits per heavy atom. The molecule has 0 aliphatic rings. The van der Waals surface area contributed by atoms with Gasteiger partial charge in [-0.25, -0.2) is 4.39 Å². The zero-order valence-electron chi connectivity index (χ0n) is 11.7. The van der Waals surface area contributed by atoms with E-state index in [4.69, 9.17) is 0 Å². The van der Waals surface area contributed by atoms with Crippen LogP contribution in [0.15, 0.2) is 27.7 Å². The third-order valence-electron chi connectivity index (χ3n) is 2.44. The molecule has 3 nitrogen and oxygen atoms in total. The normalized spacial score (nSPS) is 9.58. The molecule has 108 valence electrons. The van der Waals surface area contributed by atoms with Crippen molar-refractivity contribution in [3.05, 3.63) is 34.1 Å². The number of nitrogens with zero attached hydrogens (tertiary/aromatic N) is 3. The first-order valence-electron chi connectivity index (χ1n) is 5.75. The molecule has 0 N–H and O–H groups in total. The second-order valence-corrected chi connectivity index (χ2v) is 5.32. The van der Waals surface area contributed by atoms with Crippen LogP contribution in [0.5, 0.6) is 0 Å². The Labute approximate surface area is 140 Å². The molecule has 0 atom stereocenters. The molecule has 0 aliphatic heterocycles. The zero-order chi connectivity index (χ0) is 13.7. The van der Waals surface area contributed by atoms with Crippen LogP contribution in [0.25, 0.3) is 0 Å². The molecule has 1 rings (SSSR count). The van der Waals surface area contributed by atoms with Crippen LogP contribution >= 0.6 is 39.9 Å². The molecule has 19 heavy (non-hydrogen) atoms. The number of guanidine groups is 1. The standard InChI is InChI=1S/C13H19BrFN3.HI/c1-17(2)13(18(3)4)16-8-7-10-5-6-12(15)11(14)9-10;/h5-6,9H,7-8H2,1-4H3;1H. The van der Waals surface area contributed by atoms with E-state index < -0.39 is 0 Å². The minimum Gasteiger partial charge on any atom is -0.349 e. The monoisotopic (exact) mass is 443 g/mol. The third kappa shape index (κ3) is 6.07. The first-order valence-corrected chi connectivity index (χ1v) is 6.54. The highest BCUT2D eigenvalue weighted by molar-refractivity contribution is 14.0. The fraction of sp³-hybridized carbons (Fsp3) is 0.462. The summed E-state index contributed by atoms with van der Waals surface area (Å²) in [5, 5.41) is 0. The van der Waals surface area contributed by atoms with Crippen LogP contribution in [-0.2, 0) is 6.42 Å². The molecule has 1 aromatic carbocycles. The van der Waals surface area contributed by atoms with Crippen molar-refractivity contribution in [2.75, 3.05) is 34.7 Å². The van der Waals surface area contributed by atoms with Crippen molar-refractivity contribution in [2.45, 2.75) is 6.42 Å². The van der Waals surface area contributed by atoms with Crippen molar-refractivity contribution in [3.8, 4) is 0 Å². The van der Waals surface area contributed by atoms with E-state index in [2.05, 4.69) is 20.9 Å². The van der Waals surface area contributed by atoms with Gasteiger partial charge in [-0.05, 0) is 40.0 Å². The lowest BCUT2D eigenvalue weighted by molar-refractivity contribution is 0.479. The molecule has 0 heterocycles. The smallest absolute Gasteiger partial charge is 0.195 e. The quantitative estimate of drug-likeness (QED) is 0.405. The largest absolute Gasteiger partial charge is 0.349 e. The highest BCUT2D eigenvalue weighted by Gasteiger charge is 2.04. The summed E-state index contributed by atoms with van der Waals surface area (Å²) in [6.45, 7) is 0.684. The summed E-state index contributed by atoms with van der Waals surface area (Å²) in [6, 6.07) is 5.07. The van der Waals surface area contributed by atoms with Gasteiger partial charge in [-0.2, -0.15) is 0 Å². The Balaban J connectivity index is 0.00000324. The molecule has 1 aromatic rings. The van der Waals surface area contributed by atoms with Gasteiger partial charge in [-0.1, -0.05) is 6.07 Å². The fourth-order valence-electron chi connectivity index (χ4n) is 1.66. The second kappa shape index (κ2) is 8.73. The average Bonchev–Trinajstić information content (AvgIpc) is 2.28. The van der Waals surface area contributed by atoms with Gasteiger partial charge in [0.25, 0.3) is 0 Å². The molecule has 0 amide bonds. The van der Waals surface area contributed by atoms with Crippen LogP contribution in [0.1, 0.15) is 5.56 Å². The number of aliphatic imine (C=N–C) groups is 1. The summed E-state index contributed by atoms with van der Waals surface area (Å²) in [5.41, 5.74) is 1.07. The SMILES string of the molecule is CN(C)C(=NCCc1ccc(F)c(Br)c1)N(C)C.I. The molecule has 0 aliphatic carbocycles. The Bertz CT molecular complexity index is 426. The zero-order valence-corrected chi connectivity index (χ0v) is 15.6. The fourth-order valence-corrected chi connectivity index (χ4v) is 2.09. The summed E-state index contributed by atoms with van der Waals surface area (Å²) >= 11 is 3.19. The maximum atomic E-state index is 13.1. The predicted molar refractivity (Wildman–Crippen MR) is 92.9 cm³/mol. The molecular formula is C13H20BrFIN3. The number of hydrogen-bond donors (Lipinski definition) is 0. The van der Waals surface area contributed by atoms with Crippen LogP contribution in [0.2, 0.25) is 0 Å². The molecule has 0 saturated heterocycles. The van der Waals surface area contributed by atoms with Gasteiger partial charge >= 0.3 is 0 Å².